The molecule has 3 amide bonds. The van der Waals surface area contributed by atoms with Gasteiger partial charge >= 0.3 is 17.9 Å². The predicted molar refractivity (Wildman–Crippen MR) is 46.5 cm³/mol. The van der Waals surface area contributed by atoms with Crippen LogP contribution in [0.5, 0.6) is 0 Å². The van der Waals surface area contributed by atoms with E-state index in [-0.39, 0.29) is 18.7 Å². The molecule has 6 heteroatoms. The number of urea groups is 1. The third kappa shape index (κ3) is 2.89. The molecule has 0 bridgehead atoms. The van der Waals surface area contributed by atoms with Gasteiger partial charge in [0.15, 0.2) is 0 Å². The SMILES string of the molecule is CCOC(=O)CC1=NC(=O)NC(=O)[CH+]1. The summed E-state index contributed by atoms with van der Waals surface area (Å²) in [6.45, 7) is 1.93. The zero-order chi connectivity index (χ0) is 10.6. The second kappa shape index (κ2) is 4.40. The Morgan fingerprint density at radius 3 is 2.86 bits per heavy atom. The Morgan fingerprint density at radius 2 is 2.29 bits per heavy atom. The van der Waals surface area contributed by atoms with Crippen molar-refractivity contribution in [3.63, 3.8) is 0 Å². The van der Waals surface area contributed by atoms with Gasteiger partial charge in [0.25, 0.3) is 0 Å². The van der Waals surface area contributed by atoms with Gasteiger partial charge in [-0.3, -0.25) is 4.79 Å². The second-order valence-corrected chi connectivity index (χ2v) is 2.52. The van der Waals surface area contributed by atoms with E-state index in [2.05, 4.69) is 9.73 Å². The Balaban J connectivity index is 2.56. The Hall–Kier alpha value is -1.85. The van der Waals surface area contributed by atoms with Crippen molar-refractivity contribution < 1.29 is 19.1 Å². The minimum absolute atomic E-state index is 0.122. The summed E-state index contributed by atoms with van der Waals surface area (Å²) in [5.41, 5.74) is 0.122. The van der Waals surface area contributed by atoms with E-state index >= 15 is 0 Å². The van der Waals surface area contributed by atoms with E-state index in [1.54, 1.807) is 6.92 Å². The molecule has 6 nitrogen and oxygen atoms in total. The summed E-state index contributed by atoms with van der Waals surface area (Å²) in [7, 11) is 0. The molecular formula is C8H9N2O4+. The van der Waals surface area contributed by atoms with Crippen LogP contribution >= 0.6 is 0 Å². The van der Waals surface area contributed by atoms with Crippen LogP contribution in [0.2, 0.25) is 0 Å². The Labute approximate surface area is 80.3 Å². The molecule has 1 aliphatic rings. The largest absolute Gasteiger partial charge is 0.466 e. The first-order valence-electron chi connectivity index (χ1n) is 4.04. The van der Waals surface area contributed by atoms with Gasteiger partial charge in [0.1, 0.15) is 6.42 Å². The van der Waals surface area contributed by atoms with Crippen LogP contribution < -0.4 is 5.32 Å². The van der Waals surface area contributed by atoms with Crippen LogP contribution in [-0.2, 0) is 14.3 Å². The summed E-state index contributed by atoms with van der Waals surface area (Å²) in [6, 6.07) is -0.753. The lowest BCUT2D eigenvalue weighted by Gasteiger charge is -2.02. The predicted octanol–water partition coefficient (Wildman–Crippen LogP) is -0.165. The maximum Gasteiger partial charge on any atom is 0.417 e. The molecule has 74 valence electrons. The number of amides is 3. The number of ether oxygens (including phenoxy) is 1. The van der Waals surface area contributed by atoms with Gasteiger partial charge < -0.3 is 4.74 Å². The topological polar surface area (TPSA) is 84.8 Å². The van der Waals surface area contributed by atoms with E-state index in [4.69, 9.17) is 0 Å². The molecule has 0 spiro atoms. The van der Waals surface area contributed by atoms with Gasteiger partial charge in [-0.2, -0.15) is 4.99 Å². The average Bonchev–Trinajstić information content (AvgIpc) is 2.01. The highest BCUT2D eigenvalue weighted by molar-refractivity contribution is 6.25. The highest BCUT2D eigenvalue weighted by Gasteiger charge is 2.30. The molecule has 0 aromatic rings. The zero-order valence-electron chi connectivity index (χ0n) is 7.57. The fraction of sp³-hybridized carbons (Fsp3) is 0.375. The normalized spacial score (nSPS) is 15.4. The summed E-state index contributed by atoms with van der Waals surface area (Å²) in [5, 5.41) is 1.94. The Kier molecular flexibility index (Phi) is 3.22. The van der Waals surface area contributed by atoms with E-state index < -0.39 is 17.9 Å². The first-order valence-corrected chi connectivity index (χ1v) is 4.04. The minimum Gasteiger partial charge on any atom is -0.466 e. The van der Waals surface area contributed by atoms with Gasteiger partial charge in [0.2, 0.25) is 12.1 Å². The second-order valence-electron chi connectivity index (χ2n) is 2.52. The fourth-order valence-corrected chi connectivity index (χ4v) is 0.934. The monoisotopic (exact) mass is 197 g/mol. The average molecular weight is 197 g/mol. The van der Waals surface area contributed by atoms with Crippen LogP contribution in [-0.4, -0.2) is 30.2 Å². The summed E-state index contributed by atoms with van der Waals surface area (Å²) >= 11 is 0. The number of hydrogen-bond donors (Lipinski definition) is 1. The number of carbonyl (C=O) groups is 3. The number of hydrogen-bond acceptors (Lipinski definition) is 4. The minimum atomic E-state index is -0.753. The zero-order valence-corrected chi connectivity index (χ0v) is 7.57. The lowest BCUT2D eigenvalue weighted by Crippen LogP contribution is -2.36. The van der Waals surface area contributed by atoms with E-state index in [1.165, 1.54) is 0 Å². The van der Waals surface area contributed by atoms with Gasteiger partial charge in [0.05, 0.1) is 6.61 Å². The van der Waals surface area contributed by atoms with E-state index in [1.807, 2.05) is 5.32 Å². The third-order valence-electron chi connectivity index (χ3n) is 1.40. The third-order valence-corrected chi connectivity index (χ3v) is 1.40. The van der Waals surface area contributed by atoms with E-state index in [0.717, 1.165) is 6.42 Å². The van der Waals surface area contributed by atoms with Crippen molar-refractivity contribution in [2.75, 3.05) is 6.61 Å². The van der Waals surface area contributed by atoms with Gasteiger partial charge in [-0.1, -0.05) is 0 Å². The highest BCUT2D eigenvalue weighted by Crippen LogP contribution is 2.00. The van der Waals surface area contributed by atoms with Crippen molar-refractivity contribution >= 4 is 23.6 Å². The molecule has 1 aliphatic heterocycles. The summed E-state index contributed by atoms with van der Waals surface area (Å²) in [5.74, 6) is -1.07. The highest BCUT2D eigenvalue weighted by atomic mass is 16.5. The Bertz CT molecular complexity index is 308. The van der Waals surface area contributed by atoms with Crippen LogP contribution in [0, 0.1) is 6.42 Å². The fourth-order valence-electron chi connectivity index (χ4n) is 0.934. The number of esters is 1. The molecule has 0 aromatic carbocycles. The van der Waals surface area contributed by atoms with Crippen molar-refractivity contribution in [1.29, 1.82) is 0 Å². The molecule has 0 unspecified atom stereocenters. The Morgan fingerprint density at radius 1 is 1.57 bits per heavy atom. The summed E-state index contributed by atoms with van der Waals surface area (Å²) < 4.78 is 4.63. The van der Waals surface area contributed by atoms with Crippen molar-refractivity contribution in [3.8, 4) is 0 Å². The van der Waals surface area contributed by atoms with E-state index in [9.17, 15) is 14.4 Å². The van der Waals surface area contributed by atoms with Crippen LogP contribution in [0.25, 0.3) is 0 Å². The molecule has 0 aromatic heterocycles. The number of aliphatic imine (C=N–C) groups is 1. The molecule has 0 fully saturated rings. The number of rotatable bonds is 3. The van der Waals surface area contributed by atoms with Crippen LogP contribution in [0.1, 0.15) is 13.3 Å². The molecule has 1 heterocycles. The lowest BCUT2D eigenvalue weighted by molar-refractivity contribution is -0.141. The lowest BCUT2D eigenvalue weighted by atomic mass is 10.1. The van der Waals surface area contributed by atoms with Crippen molar-refractivity contribution in [3.05, 3.63) is 6.42 Å². The molecule has 0 saturated heterocycles. The van der Waals surface area contributed by atoms with Gasteiger partial charge in [-0.05, 0) is 6.92 Å². The summed E-state index contributed by atoms with van der Waals surface area (Å²) in [6.07, 6.45) is 0.936. The first kappa shape index (κ1) is 10.2. The van der Waals surface area contributed by atoms with Crippen molar-refractivity contribution in [2.24, 2.45) is 4.99 Å². The van der Waals surface area contributed by atoms with Gasteiger partial charge in [0, 0.05) is 0 Å². The molecule has 1 N–H and O–H groups in total. The standard InChI is InChI=1S/C8H8N2O4/c1-2-14-7(12)4-5-3-6(11)10-8(13)9-5/h3H,2,4H2,1H3/p+1. The maximum absolute atomic E-state index is 11.0. The first-order chi connectivity index (χ1) is 6.61. The van der Waals surface area contributed by atoms with Crippen molar-refractivity contribution in [1.82, 2.24) is 5.32 Å². The maximum atomic E-state index is 11.0. The van der Waals surface area contributed by atoms with Crippen molar-refractivity contribution in [2.45, 2.75) is 13.3 Å². The molecule has 0 aliphatic carbocycles. The molecule has 0 radical (unpaired) electrons. The van der Waals surface area contributed by atoms with Gasteiger partial charge in [-0.15, -0.1) is 0 Å². The number of imide groups is 1. The van der Waals surface area contributed by atoms with Crippen LogP contribution in [0.4, 0.5) is 4.79 Å². The number of nitrogens with one attached hydrogen (secondary N) is 1. The molecule has 0 atom stereocenters. The number of nitrogens with zero attached hydrogens (tertiary/aromatic N) is 1. The van der Waals surface area contributed by atoms with Crippen LogP contribution in [0.3, 0.4) is 0 Å². The number of carbonyl (C=O) groups excluding carboxylic acids is 3. The summed E-state index contributed by atoms with van der Waals surface area (Å²) in [4.78, 5) is 35.9. The molecule has 1 rings (SSSR count). The molecule has 0 saturated carbocycles. The quantitative estimate of drug-likeness (QED) is 0.503. The van der Waals surface area contributed by atoms with Gasteiger partial charge in [-0.25, -0.2) is 14.9 Å². The van der Waals surface area contributed by atoms with E-state index in [0.29, 0.717) is 0 Å². The molecule has 14 heavy (non-hydrogen) atoms. The smallest absolute Gasteiger partial charge is 0.417 e. The molecular weight excluding hydrogens is 188 g/mol. The van der Waals surface area contributed by atoms with Crippen LogP contribution in [0.15, 0.2) is 4.99 Å².